The van der Waals surface area contributed by atoms with Crippen LogP contribution in [-0.4, -0.2) is 81.3 Å². The van der Waals surface area contributed by atoms with E-state index in [1.165, 1.54) is 37.2 Å². The highest BCUT2D eigenvalue weighted by molar-refractivity contribution is 14.0. The third-order valence-corrected chi connectivity index (χ3v) is 6.41. The van der Waals surface area contributed by atoms with Crippen LogP contribution in [0.15, 0.2) is 22.5 Å². The van der Waals surface area contributed by atoms with Gasteiger partial charge in [-0.3, -0.25) is 9.89 Å². The van der Waals surface area contributed by atoms with E-state index in [1.54, 1.807) is 0 Å². The highest BCUT2D eigenvalue weighted by Gasteiger charge is 2.26. The van der Waals surface area contributed by atoms with E-state index in [9.17, 15) is 0 Å². The molecule has 2 unspecified atom stereocenters. The fraction of sp³-hybridized carbons (Fsp3) is 0.750. The minimum Gasteiger partial charge on any atom is -0.376 e. The zero-order chi connectivity index (χ0) is 18.9. The molecule has 1 aromatic rings. The molecule has 2 aliphatic rings. The second-order valence-electron chi connectivity index (χ2n) is 7.49. The molecule has 0 spiro atoms. The number of guanidine groups is 1. The van der Waals surface area contributed by atoms with E-state index >= 15 is 0 Å². The van der Waals surface area contributed by atoms with Crippen LogP contribution in [0, 0.1) is 0 Å². The highest BCUT2D eigenvalue weighted by atomic mass is 127. The van der Waals surface area contributed by atoms with E-state index in [1.807, 2.05) is 18.4 Å². The Kier molecular flexibility index (Phi) is 11.1. The van der Waals surface area contributed by atoms with E-state index in [0.29, 0.717) is 12.1 Å². The summed E-state index contributed by atoms with van der Waals surface area (Å²) in [5.74, 6) is 0.898. The number of ether oxygens (including phenoxy) is 1. The first kappa shape index (κ1) is 23.9. The monoisotopic (exact) mass is 521 g/mol. The second kappa shape index (κ2) is 13.0. The molecule has 6 nitrogen and oxygen atoms in total. The number of halogens is 1. The largest absolute Gasteiger partial charge is 0.376 e. The van der Waals surface area contributed by atoms with Gasteiger partial charge < -0.3 is 20.3 Å². The number of likely N-dealkylation sites (tertiary alicyclic amines) is 1. The normalized spacial score (nSPS) is 23.1. The van der Waals surface area contributed by atoms with Crippen LogP contribution in [0.5, 0.6) is 0 Å². The number of rotatable bonds is 7. The van der Waals surface area contributed by atoms with Gasteiger partial charge in [-0.05, 0) is 44.3 Å². The molecule has 1 aromatic heterocycles. The Labute approximate surface area is 191 Å². The third kappa shape index (κ3) is 7.44. The zero-order valence-corrected chi connectivity index (χ0v) is 20.4. The van der Waals surface area contributed by atoms with Crippen molar-refractivity contribution in [1.82, 2.24) is 20.4 Å². The van der Waals surface area contributed by atoms with Crippen molar-refractivity contribution < 1.29 is 4.74 Å². The van der Waals surface area contributed by atoms with Gasteiger partial charge in [0.05, 0.1) is 18.8 Å². The van der Waals surface area contributed by atoms with Gasteiger partial charge in [0.2, 0.25) is 0 Å². The van der Waals surface area contributed by atoms with Crippen LogP contribution in [0.25, 0.3) is 0 Å². The van der Waals surface area contributed by atoms with Crippen molar-refractivity contribution in [3.8, 4) is 0 Å². The van der Waals surface area contributed by atoms with E-state index < -0.39 is 0 Å². The minimum atomic E-state index is 0. The molecule has 0 saturated carbocycles. The molecule has 28 heavy (non-hydrogen) atoms. The summed E-state index contributed by atoms with van der Waals surface area (Å²) in [6, 6.07) is 4.74. The van der Waals surface area contributed by atoms with Gasteiger partial charge in [0, 0.05) is 44.6 Å². The summed E-state index contributed by atoms with van der Waals surface area (Å²) in [5, 5.41) is 9.20. The molecule has 3 rings (SSSR count). The first-order valence-electron chi connectivity index (χ1n) is 10.3. The molecular formula is C20H36IN5OS. The molecule has 2 saturated heterocycles. The SMILES string of the molecule is CN=C(NCCN1CCCCC1)NCC(c1cccs1)N1CCOC(C)C1.I. The van der Waals surface area contributed by atoms with Gasteiger partial charge in [-0.2, -0.15) is 0 Å². The lowest BCUT2D eigenvalue weighted by Crippen LogP contribution is -2.48. The van der Waals surface area contributed by atoms with E-state index in [2.05, 4.69) is 49.9 Å². The maximum absolute atomic E-state index is 5.73. The lowest BCUT2D eigenvalue weighted by molar-refractivity contribution is -0.0334. The second-order valence-corrected chi connectivity index (χ2v) is 8.47. The van der Waals surface area contributed by atoms with Gasteiger partial charge in [0.15, 0.2) is 5.96 Å². The Bertz CT molecular complexity index is 565. The van der Waals surface area contributed by atoms with Crippen LogP contribution in [0.3, 0.4) is 0 Å². The van der Waals surface area contributed by atoms with E-state index in [-0.39, 0.29) is 24.0 Å². The fourth-order valence-corrected chi connectivity index (χ4v) is 4.81. The number of hydrogen-bond acceptors (Lipinski definition) is 5. The summed E-state index contributed by atoms with van der Waals surface area (Å²) in [6.45, 7) is 10.3. The molecule has 2 atom stereocenters. The molecular weight excluding hydrogens is 485 g/mol. The first-order chi connectivity index (χ1) is 13.3. The van der Waals surface area contributed by atoms with Crippen LogP contribution < -0.4 is 10.6 Å². The van der Waals surface area contributed by atoms with Gasteiger partial charge in [-0.15, -0.1) is 35.3 Å². The molecule has 8 heteroatoms. The molecule has 0 aromatic carbocycles. The number of thiophene rings is 1. The predicted octanol–water partition coefficient (Wildman–Crippen LogP) is 2.78. The van der Waals surface area contributed by atoms with Crippen molar-refractivity contribution in [2.45, 2.75) is 38.3 Å². The molecule has 2 aliphatic heterocycles. The lowest BCUT2D eigenvalue weighted by atomic mass is 10.1. The number of piperidine rings is 1. The first-order valence-corrected chi connectivity index (χ1v) is 11.2. The van der Waals surface area contributed by atoms with Crippen LogP contribution in [0.2, 0.25) is 0 Å². The number of aliphatic imine (C=N–C) groups is 1. The quantitative estimate of drug-likeness (QED) is 0.329. The topological polar surface area (TPSA) is 52.1 Å². The molecule has 3 heterocycles. The molecule has 0 aliphatic carbocycles. The minimum absolute atomic E-state index is 0. The summed E-state index contributed by atoms with van der Waals surface area (Å²) in [5.41, 5.74) is 0. The number of morpholine rings is 1. The van der Waals surface area contributed by atoms with Gasteiger partial charge in [-0.1, -0.05) is 12.5 Å². The van der Waals surface area contributed by atoms with Crippen molar-refractivity contribution in [3.05, 3.63) is 22.4 Å². The maximum atomic E-state index is 5.73. The summed E-state index contributed by atoms with van der Waals surface area (Å²) in [4.78, 5) is 10.9. The van der Waals surface area contributed by atoms with Crippen molar-refractivity contribution in [1.29, 1.82) is 0 Å². The van der Waals surface area contributed by atoms with Crippen molar-refractivity contribution in [2.75, 3.05) is 59.5 Å². The third-order valence-electron chi connectivity index (χ3n) is 5.44. The Balaban J connectivity index is 0.00000280. The Morgan fingerprint density at radius 1 is 1.29 bits per heavy atom. The van der Waals surface area contributed by atoms with Crippen LogP contribution in [0.4, 0.5) is 0 Å². The lowest BCUT2D eigenvalue weighted by Gasteiger charge is -2.37. The summed E-state index contributed by atoms with van der Waals surface area (Å²) >= 11 is 1.83. The summed E-state index contributed by atoms with van der Waals surface area (Å²) in [6.07, 6.45) is 4.36. The number of nitrogens with one attached hydrogen (secondary N) is 2. The van der Waals surface area contributed by atoms with Gasteiger partial charge >= 0.3 is 0 Å². The van der Waals surface area contributed by atoms with Crippen LogP contribution in [-0.2, 0) is 4.74 Å². The van der Waals surface area contributed by atoms with E-state index in [0.717, 1.165) is 45.3 Å². The maximum Gasteiger partial charge on any atom is 0.191 e. The average Bonchev–Trinajstić information content (AvgIpc) is 3.22. The highest BCUT2D eigenvalue weighted by Crippen LogP contribution is 2.26. The van der Waals surface area contributed by atoms with Crippen molar-refractivity contribution in [3.63, 3.8) is 0 Å². The average molecular weight is 522 g/mol. The van der Waals surface area contributed by atoms with Crippen LogP contribution >= 0.6 is 35.3 Å². The number of nitrogens with zero attached hydrogens (tertiary/aromatic N) is 3. The molecule has 2 N–H and O–H groups in total. The molecule has 0 amide bonds. The van der Waals surface area contributed by atoms with Gasteiger partial charge in [0.1, 0.15) is 0 Å². The smallest absolute Gasteiger partial charge is 0.191 e. The van der Waals surface area contributed by atoms with Gasteiger partial charge in [0.25, 0.3) is 0 Å². The molecule has 160 valence electrons. The van der Waals surface area contributed by atoms with Crippen LogP contribution in [0.1, 0.15) is 37.1 Å². The molecule has 0 radical (unpaired) electrons. The fourth-order valence-electron chi connectivity index (χ4n) is 3.95. The van der Waals surface area contributed by atoms with Crippen molar-refractivity contribution >= 4 is 41.3 Å². The Hall–Kier alpha value is -0.420. The zero-order valence-electron chi connectivity index (χ0n) is 17.2. The summed E-state index contributed by atoms with van der Waals surface area (Å²) < 4.78 is 5.73. The van der Waals surface area contributed by atoms with E-state index in [4.69, 9.17) is 4.74 Å². The Morgan fingerprint density at radius 3 is 2.79 bits per heavy atom. The predicted molar refractivity (Wildman–Crippen MR) is 129 cm³/mol. The Morgan fingerprint density at radius 2 is 2.11 bits per heavy atom. The van der Waals surface area contributed by atoms with Gasteiger partial charge in [-0.25, -0.2) is 0 Å². The van der Waals surface area contributed by atoms with Crippen molar-refractivity contribution in [2.24, 2.45) is 4.99 Å². The molecule has 2 fully saturated rings. The number of hydrogen-bond donors (Lipinski definition) is 2. The molecule has 0 bridgehead atoms. The standard InChI is InChI=1S/C20H35N5OS.HI/c1-17-16-25(12-13-26-17)18(19-7-6-14-27-19)15-23-20(21-2)22-8-11-24-9-4-3-5-10-24;/h6-7,14,17-18H,3-5,8-13,15-16H2,1-2H3,(H2,21,22,23);1H. The summed E-state index contributed by atoms with van der Waals surface area (Å²) in [7, 11) is 1.85.